The van der Waals surface area contributed by atoms with Crippen LogP contribution in [0.3, 0.4) is 0 Å². The number of hydrogen-bond acceptors (Lipinski definition) is 4. The molecule has 2 unspecified atom stereocenters. The highest BCUT2D eigenvalue weighted by Crippen LogP contribution is 2.30. The molecule has 1 N–H and O–H groups in total. The Morgan fingerprint density at radius 2 is 1.56 bits per heavy atom. The van der Waals surface area contributed by atoms with Crippen LogP contribution in [0.15, 0.2) is 77.7 Å². The highest BCUT2D eigenvalue weighted by molar-refractivity contribution is 7.92. The minimum absolute atomic E-state index is 0.0465. The second kappa shape index (κ2) is 13.1. The van der Waals surface area contributed by atoms with Gasteiger partial charge in [0.15, 0.2) is 0 Å². The van der Waals surface area contributed by atoms with E-state index in [0.717, 1.165) is 21.9 Å². The van der Waals surface area contributed by atoms with Crippen LogP contribution in [0, 0.1) is 13.8 Å². The predicted octanol–water partition coefficient (Wildman–Crippen LogP) is 5.48. The summed E-state index contributed by atoms with van der Waals surface area (Å²) in [5.74, 6) is -0.813. The molecule has 208 valence electrons. The van der Waals surface area contributed by atoms with Crippen molar-refractivity contribution in [3.05, 3.63) is 94.5 Å². The van der Waals surface area contributed by atoms with Crippen LogP contribution in [0.5, 0.6) is 0 Å². The SMILES string of the molecule is CCC(C)NC(=O)C(C)N(Cc1ccccc1C)C(=O)CN(c1cc(Cl)ccc1C)S(=O)(=O)c1ccccc1. The van der Waals surface area contributed by atoms with Gasteiger partial charge in [-0.05, 0) is 75.1 Å². The lowest BCUT2D eigenvalue weighted by molar-refractivity contribution is -0.139. The van der Waals surface area contributed by atoms with E-state index >= 15 is 0 Å². The molecule has 0 bridgehead atoms. The first kappa shape index (κ1) is 30.2. The molecule has 0 heterocycles. The van der Waals surface area contributed by atoms with E-state index in [0.29, 0.717) is 16.3 Å². The molecule has 0 spiro atoms. The summed E-state index contributed by atoms with van der Waals surface area (Å²) in [7, 11) is -4.15. The van der Waals surface area contributed by atoms with Crippen LogP contribution < -0.4 is 9.62 Å². The zero-order chi connectivity index (χ0) is 28.7. The third-order valence-electron chi connectivity index (χ3n) is 6.82. The van der Waals surface area contributed by atoms with Crippen molar-refractivity contribution in [2.24, 2.45) is 0 Å². The van der Waals surface area contributed by atoms with Gasteiger partial charge in [-0.25, -0.2) is 8.42 Å². The first-order valence-electron chi connectivity index (χ1n) is 12.9. The third kappa shape index (κ3) is 7.40. The minimum atomic E-state index is -4.15. The van der Waals surface area contributed by atoms with Crippen LogP contribution in [0.2, 0.25) is 5.02 Å². The topological polar surface area (TPSA) is 86.8 Å². The number of carbonyl (C=O) groups excluding carboxylic acids is 2. The number of aryl methyl sites for hydroxylation is 2. The van der Waals surface area contributed by atoms with Gasteiger partial charge in [-0.3, -0.25) is 13.9 Å². The zero-order valence-electron chi connectivity index (χ0n) is 23.0. The molecule has 0 radical (unpaired) electrons. The second-order valence-electron chi connectivity index (χ2n) is 9.70. The van der Waals surface area contributed by atoms with E-state index in [1.54, 1.807) is 44.2 Å². The molecule has 0 saturated heterocycles. The molecule has 0 saturated carbocycles. The largest absolute Gasteiger partial charge is 0.352 e. The molecule has 2 amide bonds. The van der Waals surface area contributed by atoms with Crippen LogP contribution >= 0.6 is 11.6 Å². The Labute approximate surface area is 236 Å². The molecule has 3 aromatic carbocycles. The lowest BCUT2D eigenvalue weighted by atomic mass is 10.1. The van der Waals surface area contributed by atoms with Gasteiger partial charge in [0.25, 0.3) is 10.0 Å². The van der Waals surface area contributed by atoms with E-state index in [1.807, 2.05) is 45.0 Å². The van der Waals surface area contributed by atoms with E-state index < -0.39 is 28.5 Å². The number of amides is 2. The first-order chi connectivity index (χ1) is 18.4. The van der Waals surface area contributed by atoms with E-state index in [1.165, 1.54) is 23.1 Å². The second-order valence-corrected chi connectivity index (χ2v) is 12.0. The minimum Gasteiger partial charge on any atom is -0.352 e. The summed E-state index contributed by atoms with van der Waals surface area (Å²) in [6.45, 7) is 8.86. The fourth-order valence-electron chi connectivity index (χ4n) is 4.10. The Kier molecular flexibility index (Phi) is 10.2. The van der Waals surface area contributed by atoms with Crippen LogP contribution in [-0.2, 0) is 26.2 Å². The first-order valence-corrected chi connectivity index (χ1v) is 14.8. The van der Waals surface area contributed by atoms with Crippen LogP contribution in [0.1, 0.15) is 43.9 Å². The molecule has 3 aromatic rings. The lowest BCUT2D eigenvalue weighted by Gasteiger charge is -2.33. The molecule has 0 aliphatic rings. The number of nitrogens with one attached hydrogen (secondary N) is 1. The van der Waals surface area contributed by atoms with Gasteiger partial charge < -0.3 is 10.2 Å². The maximum Gasteiger partial charge on any atom is 0.264 e. The van der Waals surface area contributed by atoms with Gasteiger partial charge in [-0.1, -0.05) is 67.1 Å². The lowest BCUT2D eigenvalue weighted by Crippen LogP contribution is -2.52. The number of benzene rings is 3. The number of halogens is 1. The maximum atomic E-state index is 14.0. The summed E-state index contributed by atoms with van der Waals surface area (Å²) in [6, 6.07) is 19.6. The molecule has 0 aliphatic carbocycles. The normalized spacial score (nSPS) is 12.9. The molecule has 39 heavy (non-hydrogen) atoms. The van der Waals surface area contributed by atoms with E-state index in [-0.39, 0.29) is 23.4 Å². The zero-order valence-corrected chi connectivity index (χ0v) is 24.6. The molecule has 7 nitrogen and oxygen atoms in total. The van der Waals surface area contributed by atoms with Gasteiger partial charge in [0.05, 0.1) is 10.6 Å². The van der Waals surface area contributed by atoms with Crippen molar-refractivity contribution in [2.45, 2.75) is 64.6 Å². The van der Waals surface area contributed by atoms with Crippen molar-refractivity contribution in [3.63, 3.8) is 0 Å². The fraction of sp³-hybridized carbons (Fsp3) is 0.333. The summed E-state index contributed by atoms with van der Waals surface area (Å²) >= 11 is 6.27. The highest BCUT2D eigenvalue weighted by Gasteiger charge is 2.33. The average molecular weight is 570 g/mol. The number of hydrogen-bond donors (Lipinski definition) is 1. The molecule has 3 rings (SSSR count). The molecule has 0 aliphatic heterocycles. The van der Waals surface area contributed by atoms with E-state index in [9.17, 15) is 18.0 Å². The molecule has 0 aromatic heterocycles. The Bertz CT molecular complexity index is 1410. The fourth-order valence-corrected chi connectivity index (χ4v) is 5.76. The summed E-state index contributed by atoms with van der Waals surface area (Å²) in [5.41, 5.74) is 2.77. The number of nitrogens with zero attached hydrogens (tertiary/aromatic N) is 2. The Morgan fingerprint density at radius 1 is 0.923 bits per heavy atom. The van der Waals surface area contributed by atoms with Crippen LogP contribution in [-0.4, -0.2) is 43.8 Å². The molecule has 0 fully saturated rings. The molecular weight excluding hydrogens is 534 g/mol. The number of carbonyl (C=O) groups is 2. The summed E-state index contributed by atoms with van der Waals surface area (Å²) in [4.78, 5) is 28.7. The summed E-state index contributed by atoms with van der Waals surface area (Å²) in [6.07, 6.45) is 0.737. The Morgan fingerprint density at radius 3 is 2.21 bits per heavy atom. The van der Waals surface area contributed by atoms with Gasteiger partial charge >= 0.3 is 0 Å². The van der Waals surface area contributed by atoms with Crippen LogP contribution in [0.25, 0.3) is 0 Å². The number of anilines is 1. The Hall–Kier alpha value is -3.36. The van der Waals surface area contributed by atoms with Crippen molar-refractivity contribution in [1.82, 2.24) is 10.2 Å². The van der Waals surface area contributed by atoms with Gasteiger partial charge in [0.2, 0.25) is 11.8 Å². The van der Waals surface area contributed by atoms with Crippen molar-refractivity contribution in [2.75, 3.05) is 10.8 Å². The molecule has 2 atom stereocenters. The van der Waals surface area contributed by atoms with E-state index in [2.05, 4.69) is 5.32 Å². The molecular formula is C30H36ClN3O4S. The summed E-state index contributed by atoms with van der Waals surface area (Å²) < 4.78 is 28.9. The third-order valence-corrected chi connectivity index (χ3v) is 8.83. The van der Waals surface area contributed by atoms with Gasteiger partial charge in [-0.2, -0.15) is 0 Å². The molecule has 9 heteroatoms. The highest BCUT2D eigenvalue weighted by atomic mass is 35.5. The van der Waals surface area contributed by atoms with Gasteiger partial charge in [-0.15, -0.1) is 0 Å². The smallest absolute Gasteiger partial charge is 0.264 e. The van der Waals surface area contributed by atoms with Crippen LogP contribution in [0.4, 0.5) is 5.69 Å². The monoisotopic (exact) mass is 569 g/mol. The average Bonchev–Trinajstić information content (AvgIpc) is 2.92. The van der Waals surface area contributed by atoms with Crippen molar-refractivity contribution in [1.29, 1.82) is 0 Å². The standard InChI is InChI=1S/C30H36ClN3O4S/c1-6-23(4)32-30(36)24(5)33(19-25-13-11-10-12-21(25)2)29(35)20-34(28-18-26(31)17-16-22(28)3)39(37,38)27-14-8-7-9-15-27/h7-18,23-24H,6,19-20H2,1-5H3,(H,32,36). The Balaban J connectivity index is 2.07. The predicted molar refractivity (Wildman–Crippen MR) is 156 cm³/mol. The van der Waals surface area contributed by atoms with Crippen molar-refractivity contribution >= 4 is 39.1 Å². The van der Waals surface area contributed by atoms with E-state index in [4.69, 9.17) is 11.6 Å². The van der Waals surface area contributed by atoms with Gasteiger partial charge in [0.1, 0.15) is 12.6 Å². The summed E-state index contributed by atoms with van der Waals surface area (Å²) in [5, 5.41) is 3.28. The van der Waals surface area contributed by atoms with Gasteiger partial charge in [0, 0.05) is 17.6 Å². The maximum absolute atomic E-state index is 14.0. The van der Waals surface area contributed by atoms with Crippen molar-refractivity contribution in [3.8, 4) is 0 Å². The van der Waals surface area contributed by atoms with Crippen molar-refractivity contribution < 1.29 is 18.0 Å². The quantitative estimate of drug-likeness (QED) is 0.331. The number of sulfonamides is 1. The number of rotatable bonds is 11.